The molecule has 0 bridgehead atoms. The van der Waals surface area contributed by atoms with Crippen molar-refractivity contribution in [3.8, 4) is 0 Å². The Morgan fingerprint density at radius 3 is 2.54 bits per heavy atom. The van der Waals surface area contributed by atoms with Gasteiger partial charge in [0.15, 0.2) is 0 Å². The number of halogens is 1. The molecule has 1 aliphatic heterocycles. The molecule has 124 valence electrons. The highest BCUT2D eigenvalue weighted by Crippen LogP contribution is 2.45. The molecule has 2 aromatic carbocycles. The fourth-order valence-electron chi connectivity index (χ4n) is 4.15. The number of aliphatic imine (C=N–C) groups is 1. The molecule has 1 saturated carbocycles. The van der Waals surface area contributed by atoms with Gasteiger partial charge in [-0.2, -0.15) is 0 Å². The highest BCUT2D eigenvalue weighted by atomic mass is 35.5. The third-order valence-electron chi connectivity index (χ3n) is 5.48. The van der Waals surface area contributed by atoms with E-state index in [4.69, 9.17) is 16.6 Å². The Morgan fingerprint density at radius 1 is 0.958 bits per heavy atom. The van der Waals surface area contributed by atoms with Gasteiger partial charge in [-0.3, -0.25) is 4.99 Å². The van der Waals surface area contributed by atoms with Gasteiger partial charge in [0.1, 0.15) is 5.84 Å². The van der Waals surface area contributed by atoms with Gasteiger partial charge < -0.3 is 5.32 Å². The molecule has 0 saturated heterocycles. The summed E-state index contributed by atoms with van der Waals surface area (Å²) < 4.78 is 0. The Labute approximate surface area is 149 Å². The van der Waals surface area contributed by atoms with Crippen LogP contribution in [0.4, 0.5) is 5.69 Å². The maximum atomic E-state index is 6.31. The summed E-state index contributed by atoms with van der Waals surface area (Å²) in [6.45, 7) is 0.645. The summed E-state index contributed by atoms with van der Waals surface area (Å²) in [5.41, 5.74) is 3.93. The molecule has 2 aliphatic rings. The quantitative estimate of drug-likeness (QED) is 0.729. The Kier molecular flexibility index (Phi) is 4.32. The van der Waals surface area contributed by atoms with E-state index in [1.165, 1.54) is 49.2 Å². The monoisotopic (exact) mass is 338 g/mol. The van der Waals surface area contributed by atoms with Crippen LogP contribution >= 0.6 is 11.6 Å². The van der Waals surface area contributed by atoms with Crippen molar-refractivity contribution >= 4 is 23.1 Å². The van der Waals surface area contributed by atoms with E-state index in [1.54, 1.807) is 0 Å². The molecule has 2 nitrogen and oxygen atoms in total. The topological polar surface area (TPSA) is 24.4 Å². The largest absolute Gasteiger partial charge is 0.343 e. The van der Waals surface area contributed by atoms with E-state index in [0.29, 0.717) is 6.54 Å². The Hall–Kier alpha value is -1.80. The minimum atomic E-state index is 0.188. The normalized spacial score (nSPS) is 20.6. The summed E-state index contributed by atoms with van der Waals surface area (Å²) in [7, 11) is 0. The molecule has 1 heterocycles. The second-order valence-corrected chi connectivity index (χ2v) is 7.46. The average Bonchev–Trinajstić information content (AvgIpc) is 2.62. The van der Waals surface area contributed by atoms with Gasteiger partial charge in [-0.05, 0) is 42.5 Å². The zero-order valence-corrected chi connectivity index (χ0v) is 14.6. The zero-order chi connectivity index (χ0) is 16.4. The van der Waals surface area contributed by atoms with Crippen molar-refractivity contribution in [2.45, 2.75) is 45.1 Å². The van der Waals surface area contributed by atoms with Crippen LogP contribution < -0.4 is 5.32 Å². The smallest absolute Gasteiger partial charge is 0.108 e. The summed E-state index contributed by atoms with van der Waals surface area (Å²) in [6, 6.07) is 16.7. The van der Waals surface area contributed by atoms with Crippen LogP contribution in [0.3, 0.4) is 0 Å². The molecule has 0 amide bonds. The Bertz CT molecular complexity index is 760. The molecule has 2 aromatic rings. The zero-order valence-electron chi connectivity index (χ0n) is 13.9. The van der Waals surface area contributed by atoms with Gasteiger partial charge >= 0.3 is 0 Å². The van der Waals surface area contributed by atoms with E-state index in [2.05, 4.69) is 35.6 Å². The first-order chi connectivity index (χ1) is 11.8. The molecular weight excluding hydrogens is 316 g/mol. The number of anilines is 1. The van der Waals surface area contributed by atoms with Crippen LogP contribution in [-0.2, 0) is 13.0 Å². The average molecular weight is 339 g/mol. The van der Waals surface area contributed by atoms with Gasteiger partial charge in [-0.1, -0.05) is 67.3 Å². The number of para-hydroxylation sites is 1. The first-order valence-corrected chi connectivity index (χ1v) is 9.28. The van der Waals surface area contributed by atoms with Crippen LogP contribution in [0.15, 0.2) is 53.5 Å². The molecule has 0 radical (unpaired) electrons. The third kappa shape index (κ3) is 2.95. The molecule has 0 unspecified atom stereocenters. The molecule has 1 N–H and O–H groups in total. The van der Waals surface area contributed by atoms with Crippen LogP contribution in [0.25, 0.3) is 0 Å². The first-order valence-electron chi connectivity index (χ1n) is 8.90. The predicted molar refractivity (Wildman–Crippen MR) is 102 cm³/mol. The highest BCUT2D eigenvalue weighted by molar-refractivity contribution is 6.31. The van der Waals surface area contributed by atoms with E-state index in [-0.39, 0.29) is 5.41 Å². The van der Waals surface area contributed by atoms with Crippen molar-refractivity contribution in [3.63, 3.8) is 0 Å². The van der Waals surface area contributed by atoms with E-state index in [1.807, 2.05) is 18.2 Å². The van der Waals surface area contributed by atoms with Gasteiger partial charge in [-0.15, -0.1) is 0 Å². The van der Waals surface area contributed by atoms with E-state index < -0.39 is 0 Å². The summed E-state index contributed by atoms with van der Waals surface area (Å²) in [5.74, 6) is 1.17. The molecule has 24 heavy (non-hydrogen) atoms. The highest BCUT2D eigenvalue weighted by Gasteiger charge is 2.40. The minimum Gasteiger partial charge on any atom is -0.343 e. The lowest BCUT2D eigenvalue weighted by molar-refractivity contribution is 0.278. The number of nitrogens with one attached hydrogen (secondary N) is 1. The number of benzene rings is 2. The number of rotatable bonds is 2. The SMILES string of the molecule is Clc1ccccc1CN=C1Nc2ccccc2CC12CCCCC2. The number of amidine groups is 1. The number of nitrogens with zero attached hydrogens (tertiary/aromatic N) is 1. The molecule has 1 spiro atoms. The van der Waals surface area contributed by atoms with Crippen LogP contribution in [0.2, 0.25) is 5.02 Å². The van der Waals surface area contributed by atoms with Crippen LogP contribution in [0.5, 0.6) is 0 Å². The number of hydrogen-bond donors (Lipinski definition) is 1. The minimum absolute atomic E-state index is 0.188. The molecule has 0 atom stereocenters. The van der Waals surface area contributed by atoms with Gasteiger partial charge in [-0.25, -0.2) is 0 Å². The van der Waals surface area contributed by atoms with Crippen molar-refractivity contribution in [3.05, 3.63) is 64.7 Å². The van der Waals surface area contributed by atoms with Crippen LogP contribution in [-0.4, -0.2) is 5.84 Å². The standard InChI is InChI=1S/C21H23ClN2/c22-18-10-4-2-9-17(18)15-23-20-21(12-6-1-7-13-21)14-16-8-3-5-11-19(16)24-20/h2-5,8-11H,1,6-7,12-15H2,(H,23,24). The second kappa shape index (κ2) is 6.60. The predicted octanol–water partition coefficient (Wildman–Crippen LogP) is 5.86. The van der Waals surface area contributed by atoms with Gasteiger partial charge in [0.25, 0.3) is 0 Å². The lowest BCUT2D eigenvalue weighted by Crippen LogP contribution is -2.43. The molecular formula is C21H23ClN2. The van der Waals surface area contributed by atoms with E-state index in [0.717, 1.165) is 17.0 Å². The maximum Gasteiger partial charge on any atom is 0.108 e. The molecule has 4 rings (SSSR count). The second-order valence-electron chi connectivity index (χ2n) is 7.06. The Balaban J connectivity index is 1.68. The molecule has 1 aliphatic carbocycles. The van der Waals surface area contributed by atoms with Gasteiger partial charge in [0.2, 0.25) is 0 Å². The summed E-state index contributed by atoms with van der Waals surface area (Å²) in [5, 5.41) is 4.46. The lowest BCUT2D eigenvalue weighted by Gasteiger charge is -2.42. The maximum absolute atomic E-state index is 6.31. The molecule has 3 heteroatoms. The summed E-state index contributed by atoms with van der Waals surface area (Å²) in [4.78, 5) is 5.01. The fraction of sp³-hybridized carbons (Fsp3) is 0.381. The van der Waals surface area contributed by atoms with Gasteiger partial charge in [0.05, 0.1) is 6.54 Å². The van der Waals surface area contributed by atoms with Crippen molar-refractivity contribution in [1.29, 1.82) is 0 Å². The fourth-order valence-corrected chi connectivity index (χ4v) is 4.34. The van der Waals surface area contributed by atoms with Crippen molar-refractivity contribution in [2.75, 3.05) is 5.32 Å². The third-order valence-corrected chi connectivity index (χ3v) is 5.85. The van der Waals surface area contributed by atoms with Crippen LogP contribution in [0.1, 0.15) is 43.2 Å². The van der Waals surface area contributed by atoms with Crippen molar-refractivity contribution < 1.29 is 0 Å². The van der Waals surface area contributed by atoms with Gasteiger partial charge in [0, 0.05) is 16.1 Å². The summed E-state index contributed by atoms with van der Waals surface area (Å²) in [6.07, 6.45) is 7.52. The van der Waals surface area contributed by atoms with E-state index >= 15 is 0 Å². The Morgan fingerprint density at radius 2 is 1.71 bits per heavy atom. The van der Waals surface area contributed by atoms with Crippen molar-refractivity contribution in [2.24, 2.45) is 10.4 Å². The van der Waals surface area contributed by atoms with E-state index in [9.17, 15) is 0 Å². The molecule has 0 aromatic heterocycles. The van der Waals surface area contributed by atoms with Crippen LogP contribution in [0, 0.1) is 5.41 Å². The number of fused-ring (bicyclic) bond motifs is 1. The van der Waals surface area contributed by atoms with Crippen molar-refractivity contribution in [1.82, 2.24) is 0 Å². The first kappa shape index (κ1) is 15.7. The lowest BCUT2D eigenvalue weighted by atomic mass is 9.67. The number of hydrogen-bond acceptors (Lipinski definition) is 1. The molecule has 1 fully saturated rings. The summed E-state index contributed by atoms with van der Waals surface area (Å²) >= 11 is 6.31.